The molecule has 0 aliphatic carbocycles. The fourth-order valence-corrected chi connectivity index (χ4v) is 3.33. The van der Waals surface area contributed by atoms with Crippen LogP contribution in [-0.4, -0.2) is 8.75 Å². The first-order valence-electron chi connectivity index (χ1n) is 5.85. The van der Waals surface area contributed by atoms with E-state index >= 15 is 0 Å². The van der Waals surface area contributed by atoms with Gasteiger partial charge >= 0.3 is 0 Å². The lowest BCUT2D eigenvalue weighted by atomic mass is 10.2. The van der Waals surface area contributed by atoms with Crippen LogP contribution in [0.15, 0.2) is 24.3 Å². The average molecular weight is 363 g/mol. The van der Waals surface area contributed by atoms with Gasteiger partial charge in [-0.3, -0.25) is 0 Å². The Morgan fingerprint density at radius 2 is 1.81 bits per heavy atom. The zero-order chi connectivity index (χ0) is 15.0. The topological polar surface area (TPSA) is 37.8 Å². The van der Waals surface area contributed by atoms with Crippen molar-refractivity contribution in [3.63, 3.8) is 0 Å². The minimum Gasteiger partial charge on any atom is -0.378 e. The second-order valence-corrected chi connectivity index (χ2v) is 5.98. The van der Waals surface area contributed by atoms with E-state index in [4.69, 9.17) is 34.8 Å². The quantitative estimate of drug-likeness (QED) is 0.677. The van der Waals surface area contributed by atoms with Crippen LogP contribution in [0.4, 0.5) is 10.1 Å². The molecule has 0 bridgehead atoms. The first-order valence-corrected chi connectivity index (χ1v) is 7.71. The van der Waals surface area contributed by atoms with E-state index in [0.29, 0.717) is 37.4 Å². The molecule has 0 aliphatic rings. The molecule has 21 heavy (non-hydrogen) atoms. The van der Waals surface area contributed by atoms with Crippen molar-refractivity contribution in [2.75, 3.05) is 5.32 Å². The molecule has 0 unspecified atom stereocenters. The Labute approximate surface area is 139 Å². The molecule has 3 aromatic rings. The fourth-order valence-electron chi connectivity index (χ4n) is 1.92. The summed E-state index contributed by atoms with van der Waals surface area (Å²) in [5, 5.41) is 4.23. The third kappa shape index (κ3) is 2.79. The summed E-state index contributed by atoms with van der Waals surface area (Å²) in [6.45, 7) is 0.180. The van der Waals surface area contributed by atoms with Crippen LogP contribution in [0.1, 0.15) is 5.56 Å². The molecule has 8 heteroatoms. The molecule has 0 atom stereocenters. The van der Waals surface area contributed by atoms with Gasteiger partial charge in [0.05, 0.1) is 27.5 Å². The SMILES string of the molecule is Fc1cccc(Cl)c1CNc1c(Cl)cc(Cl)c2nsnc12. The molecule has 0 fully saturated rings. The van der Waals surface area contributed by atoms with Crippen LogP contribution in [0.5, 0.6) is 0 Å². The Hall–Kier alpha value is -1.14. The maximum Gasteiger partial charge on any atom is 0.130 e. The Kier molecular flexibility index (Phi) is 4.17. The highest BCUT2D eigenvalue weighted by molar-refractivity contribution is 7.00. The molecule has 3 rings (SSSR count). The van der Waals surface area contributed by atoms with Crippen molar-refractivity contribution in [2.24, 2.45) is 0 Å². The number of nitrogens with zero attached hydrogens (tertiary/aromatic N) is 2. The summed E-state index contributed by atoms with van der Waals surface area (Å²) < 4.78 is 22.0. The summed E-state index contributed by atoms with van der Waals surface area (Å²) >= 11 is 19.3. The number of benzene rings is 2. The van der Waals surface area contributed by atoms with Crippen LogP contribution in [0.2, 0.25) is 15.1 Å². The molecule has 2 aromatic carbocycles. The minimum atomic E-state index is -0.382. The lowest BCUT2D eigenvalue weighted by Crippen LogP contribution is -2.04. The first kappa shape index (κ1) is 14.8. The third-order valence-electron chi connectivity index (χ3n) is 2.95. The van der Waals surface area contributed by atoms with E-state index in [2.05, 4.69) is 14.1 Å². The summed E-state index contributed by atoms with van der Waals surface area (Å²) in [4.78, 5) is 0. The van der Waals surface area contributed by atoms with Crippen LogP contribution >= 0.6 is 46.5 Å². The Balaban J connectivity index is 1.98. The highest BCUT2D eigenvalue weighted by Gasteiger charge is 2.15. The second kappa shape index (κ2) is 5.93. The van der Waals surface area contributed by atoms with Gasteiger partial charge in [-0.05, 0) is 18.2 Å². The number of hydrogen-bond acceptors (Lipinski definition) is 4. The molecule has 3 nitrogen and oxygen atoms in total. The third-order valence-corrected chi connectivity index (χ3v) is 4.42. The number of fused-ring (bicyclic) bond motifs is 1. The molecule has 0 radical (unpaired) electrons. The van der Waals surface area contributed by atoms with Crippen LogP contribution < -0.4 is 5.32 Å². The van der Waals surface area contributed by atoms with Gasteiger partial charge in [0, 0.05) is 17.1 Å². The molecular weight excluding hydrogens is 356 g/mol. The van der Waals surface area contributed by atoms with E-state index in [9.17, 15) is 4.39 Å². The maximum absolute atomic E-state index is 13.8. The molecule has 1 heterocycles. The van der Waals surface area contributed by atoms with E-state index in [1.807, 2.05) is 0 Å². The van der Waals surface area contributed by atoms with Crippen LogP contribution in [-0.2, 0) is 6.54 Å². The number of aromatic nitrogens is 2. The molecule has 0 spiro atoms. The molecule has 0 saturated carbocycles. The van der Waals surface area contributed by atoms with Gasteiger partial charge in [0.2, 0.25) is 0 Å². The van der Waals surface area contributed by atoms with E-state index in [0.717, 1.165) is 11.7 Å². The van der Waals surface area contributed by atoms with Gasteiger partial charge in [-0.15, -0.1) is 0 Å². The van der Waals surface area contributed by atoms with Gasteiger partial charge in [-0.25, -0.2) is 4.39 Å². The van der Waals surface area contributed by atoms with Crippen molar-refractivity contribution in [3.8, 4) is 0 Å². The van der Waals surface area contributed by atoms with Gasteiger partial charge in [-0.1, -0.05) is 40.9 Å². The van der Waals surface area contributed by atoms with Gasteiger partial charge in [-0.2, -0.15) is 8.75 Å². The number of anilines is 1. The Morgan fingerprint density at radius 3 is 2.57 bits per heavy atom. The summed E-state index contributed by atoms with van der Waals surface area (Å²) in [7, 11) is 0. The normalized spacial score (nSPS) is 11.0. The summed E-state index contributed by atoms with van der Waals surface area (Å²) in [5.41, 5.74) is 2.05. The zero-order valence-electron chi connectivity index (χ0n) is 10.3. The van der Waals surface area contributed by atoms with Crippen molar-refractivity contribution < 1.29 is 4.39 Å². The van der Waals surface area contributed by atoms with Crippen molar-refractivity contribution >= 4 is 63.3 Å². The smallest absolute Gasteiger partial charge is 0.130 e. The van der Waals surface area contributed by atoms with Gasteiger partial charge < -0.3 is 5.32 Å². The molecule has 1 aromatic heterocycles. The Morgan fingerprint density at radius 1 is 1.05 bits per heavy atom. The predicted octanol–water partition coefficient (Wildman–Crippen LogP) is 5.40. The van der Waals surface area contributed by atoms with Gasteiger partial charge in [0.1, 0.15) is 16.9 Å². The Bertz CT molecular complexity index is 802. The highest BCUT2D eigenvalue weighted by atomic mass is 35.5. The number of nitrogens with one attached hydrogen (secondary N) is 1. The lowest BCUT2D eigenvalue weighted by molar-refractivity contribution is 0.613. The van der Waals surface area contributed by atoms with E-state index in [1.165, 1.54) is 6.07 Å². The first-order chi connectivity index (χ1) is 10.1. The fraction of sp³-hybridized carbons (Fsp3) is 0.0769. The lowest BCUT2D eigenvalue weighted by Gasteiger charge is -2.11. The van der Waals surface area contributed by atoms with Crippen LogP contribution in [0.3, 0.4) is 0 Å². The van der Waals surface area contributed by atoms with Gasteiger partial charge in [0.25, 0.3) is 0 Å². The van der Waals surface area contributed by atoms with Gasteiger partial charge in [0.15, 0.2) is 0 Å². The number of hydrogen-bond donors (Lipinski definition) is 1. The molecule has 1 N–H and O–H groups in total. The van der Waals surface area contributed by atoms with Crippen molar-refractivity contribution in [2.45, 2.75) is 6.54 Å². The van der Waals surface area contributed by atoms with Crippen molar-refractivity contribution in [1.82, 2.24) is 8.75 Å². The molecular formula is C13H7Cl3FN3S. The number of rotatable bonds is 3. The summed E-state index contributed by atoms with van der Waals surface area (Å²) in [6.07, 6.45) is 0. The van der Waals surface area contributed by atoms with Crippen molar-refractivity contribution in [1.29, 1.82) is 0 Å². The largest absolute Gasteiger partial charge is 0.378 e. The minimum absolute atomic E-state index is 0.180. The van der Waals surface area contributed by atoms with Crippen LogP contribution in [0, 0.1) is 5.82 Å². The highest BCUT2D eigenvalue weighted by Crippen LogP contribution is 2.35. The van der Waals surface area contributed by atoms with E-state index in [1.54, 1.807) is 18.2 Å². The number of halogens is 4. The summed E-state index contributed by atoms with van der Waals surface area (Å²) in [6, 6.07) is 6.12. The molecule has 0 amide bonds. The monoisotopic (exact) mass is 361 g/mol. The predicted molar refractivity (Wildman–Crippen MR) is 86.2 cm³/mol. The maximum atomic E-state index is 13.8. The van der Waals surface area contributed by atoms with E-state index in [-0.39, 0.29) is 12.4 Å². The zero-order valence-corrected chi connectivity index (χ0v) is 13.4. The standard InChI is InChI=1S/C13H7Cl3FN3S/c14-7-2-1-3-10(17)6(7)5-18-11-8(15)4-9(16)12-13(11)20-21-19-12/h1-4,18H,5H2. The molecule has 0 saturated heterocycles. The second-order valence-electron chi connectivity index (χ2n) is 4.23. The van der Waals surface area contributed by atoms with Crippen LogP contribution in [0.25, 0.3) is 11.0 Å². The summed E-state index contributed by atoms with van der Waals surface area (Å²) in [5.74, 6) is -0.382. The average Bonchev–Trinajstić information content (AvgIpc) is 2.91. The van der Waals surface area contributed by atoms with Crippen molar-refractivity contribution in [3.05, 3.63) is 50.7 Å². The molecule has 108 valence electrons. The molecule has 0 aliphatic heterocycles. The van der Waals surface area contributed by atoms with E-state index < -0.39 is 0 Å².